The van der Waals surface area contributed by atoms with Gasteiger partial charge in [-0.1, -0.05) is 11.6 Å². The molecule has 0 radical (unpaired) electrons. The maximum atomic E-state index is 12.6. The molecule has 0 aliphatic carbocycles. The number of hydrogen-bond donors (Lipinski definition) is 2. The van der Waals surface area contributed by atoms with Gasteiger partial charge in [0.25, 0.3) is 5.91 Å². The number of hydrogen-bond acceptors (Lipinski definition) is 5. The highest BCUT2D eigenvalue weighted by Gasteiger charge is 2.31. The number of carbonyl (C=O) groups excluding carboxylic acids is 1. The number of benzene rings is 1. The first-order valence-electron chi connectivity index (χ1n) is 8.14. The number of ether oxygens (including phenoxy) is 2. The van der Waals surface area contributed by atoms with Crippen LogP contribution in [-0.2, 0) is 6.18 Å². The number of pyridine rings is 1. The van der Waals surface area contributed by atoms with Gasteiger partial charge in [-0.2, -0.15) is 13.2 Å². The minimum atomic E-state index is -4.51. The van der Waals surface area contributed by atoms with Crippen LogP contribution in [0.25, 0.3) is 0 Å². The predicted molar refractivity (Wildman–Crippen MR) is 99.4 cm³/mol. The van der Waals surface area contributed by atoms with E-state index in [2.05, 4.69) is 15.6 Å². The SMILES string of the molecule is COc1cc(C(=O)NCCNc2ncc(C(F)(F)F)cc2Cl)cc(OC)c1C. The van der Waals surface area contributed by atoms with Crippen molar-refractivity contribution in [3.05, 3.63) is 46.1 Å². The predicted octanol–water partition coefficient (Wildman–Crippen LogP) is 3.92. The van der Waals surface area contributed by atoms with Gasteiger partial charge in [-0.25, -0.2) is 4.98 Å². The van der Waals surface area contributed by atoms with Crippen molar-refractivity contribution >= 4 is 23.3 Å². The molecule has 1 heterocycles. The Hall–Kier alpha value is -2.68. The Morgan fingerprint density at radius 2 is 1.75 bits per heavy atom. The zero-order chi connectivity index (χ0) is 20.9. The Morgan fingerprint density at radius 1 is 1.14 bits per heavy atom. The molecule has 2 rings (SSSR count). The van der Waals surface area contributed by atoms with Crippen LogP contribution >= 0.6 is 11.6 Å². The van der Waals surface area contributed by atoms with E-state index in [0.717, 1.165) is 11.6 Å². The molecule has 10 heteroatoms. The van der Waals surface area contributed by atoms with Crippen LogP contribution in [0.2, 0.25) is 5.02 Å². The quantitative estimate of drug-likeness (QED) is 0.668. The summed E-state index contributed by atoms with van der Waals surface area (Å²) in [4.78, 5) is 16.0. The van der Waals surface area contributed by atoms with E-state index in [1.54, 1.807) is 12.1 Å². The van der Waals surface area contributed by atoms with Gasteiger partial charge >= 0.3 is 6.18 Å². The average molecular weight is 418 g/mol. The van der Waals surface area contributed by atoms with E-state index in [1.807, 2.05) is 6.92 Å². The van der Waals surface area contributed by atoms with E-state index in [-0.39, 0.29) is 29.8 Å². The topological polar surface area (TPSA) is 72.5 Å². The fraction of sp³-hybridized carbons (Fsp3) is 0.333. The summed E-state index contributed by atoms with van der Waals surface area (Å²) >= 11 is 5.81. The van der Waals surface area contributed by atoms with Gasteiger partial charge in [0.05, 0.1) is 24.8 Å². The lowest BCUT2D eigenvalue weighted by atomic mass is 10.1. The molecule has 0 bridgehead atoms. The molecule has 0 saturated carbocycles. The van der Waals surface area contributed by atoms with E-state index >= 15 is 0 Å². The van der Waals surface area contributed by atoms with Crippen LogP contribution in [0.15, 0.2) is 24.4 Å². The first kappa shape index (κ1) is 21.6. The molecule has 0 unspecified atom stereocenters. The van der Waals surface area contributed by atoms with Crippen LogP contribution in [0.5, 0.6) is 11.5 Å². The molecule has 0 atom stereocenters. The zero-order valence-corrected chi connectivity index (χ0v) is 16.2. The maximum Gasteiger partial charge on any atom is 0.417 e. The maximum absolute atomic E-state index is 12.6. The molecule has 1 amide bonds. The molecular formula is C18H19ClF3N3O3. The number of nitrogens with zero attached hydrogens (tertiary/aromatic N) is 1. The van der Waals surface area contributed by atoms with Gasteiger partial charge in [0.15, 0.2) is 0 Å². The summed E-state index contributed by atoms with van der Waals surface area (Å²) in [6, 6.07) is 3.98. The number of anilines is 1. The summed E-state index contributed by atoms with van der Waals surface area (Å²) in [6.45, 7) is 2.21. The highest BCUT2D eigenvalue weighted by Crippen LogP contribution is 2.32. The number of amides is 1. The van der Waals surface area contributed by atoms with Crippen LogP contribution in [0, 0.1) is 6.92 Å². The Balaban J connectivity index is 1.95. The normalized spacial score (nSPS) is 11.1. The van der Waals surface area contributed by atoms with Crippen molar-refractivity contribution in [1.82, 2.24) is 10.3 Å². The van der Waals surface area contributed by atoms with Gasteiger partial charge in [0.1, 0.15) is 17.3 Å². The molecule has 152 valence electrons. The molecule has 2 N–H and O–H groups in total. The lowest BCUT2D eigenvalue weighted by molar-refractivity contribution is -0.137. The Kier molecular flexibility index (Phi) is 6.95. The standard InChI is InChI=1S/C18H19ClF3N3O3/c1-10-14(27-2)6-11(7-15(10)28-3)17(26)24-5-4-23-16-13(19)8-12(9-25-16)18(20,21)22/h6-9H,4-5H2,1-3H3,(H,23,25)(H,24,26). The first-order chi connectivity index (χ1) is 13.2. The molecule has 0 aliphatic heterocycles. The average Bonchev–Trinajstić information content (AvgIpc) is 2.65. The van der Waals surface area contributed by atoms with E-state index in [9.17, 15) is 18.0 Å². The van der Waals surface area contributed by atoms with Gasteiger partial charge in [-0.05, 0) is 25.1 Å². The summed E-state index contributed by atoms with van der Waals surface area (Å²) in [5.74, 6) is 0.777. The van der Waals surface area contributed by atoms with E-state index in [0.29, 0.717) is 23.3 Å². The highest BCUT2D eigenvalue weighted by molar-refractivity contribution is 6.32. The fourth-order valence-electron chi connectivity index (χ4n) is 2.40. The molecule has 0 aliphatic rings. The van der Waals surface area contributed by atoms with Crippen molar-refractivity contribution in [2.75, 3.05) is 32.6 Å². The van der Waals surface area contributed by atoms with Crippen molar-refractivity contribution in [3.8, 4) is 11.5 Å². The molecule has 6 nitrogen and oxygen atoms in total. The Bertz CT molecular complexity index is 835. The van der Waals surface area contributed by atoms with Crippen LogP contribution in [-0.4, -0.2) is 38.2 Å². The third-order valence-corrected chi connectivity index (χ3v) is 4.17. The number of carbonyl (C=O) groups is 1. The molecule has 1 aromatic heterocycles. The van der Waals surface area contributed by atoms with Crippen molar-refractivity contribution < 1.29 is 27.4 Å². The van der Waals surface area contributed by atoms with E-state index < -0.39 is 11.7 Å². The highest BCUT2D eigenvalue weighted by atomic mass is 35.5. The van der Waals surface area contributed by atoms with Crippen molar-refractivity contribution in [2.24, 2.45) is 0 Å². The molecule has 0 fully saturated rings. The summed E-state index contributed by atoms with van der Waals surface area (Å²) in [5.41, 5.74) is 0.190. The van der Waals surface area contributed by atoms with Gasteiger partial charge in [-0.3, -0.25) is 4.79 Å². The Labute approximate surface area is 165 Å². The van der Waals surface area contributed by atoms with E-state index in [4.69, 9.17) is 21.1 Å². The van der Waals surface area contributed by atoms with Crippen LogP contribution in [0.3, 0.4) is 0 Å². The molecule has 0 saturated heterocycles. The number of nitrogens with one attached hydrogen (secondary N) is 2. The monoisotopic (exact) mass is 417 g/mol. The van der Waals surface area contributed by atoms with Crippen LogP contribution in [0.4, 0.5) is 19.0 Å². The van der Waals surface area contributed by atoms with Crippen molar-refractivity contribution in [1.29, 1.82) is 0 Å². The smallest absolute Gasteiger partial charge is 0.417 e. The lowest BCUT2D eigenvalue weighted by Crippen LogP contribution is -2.29. The van der Waals surface area contributed by atoms with Crippen molar-refractivity contribution in [2.45, 2.75) is 13.1 Å². The molecule has 28 heavy (non-hydrogen) atoms. The number of rotatable bonds is 7. The molecule has 2 aromatic rings. The second-order valence-corrected chi connectivity index (χ2v) is 6.15. The second-order valence-electron chi connectivity index (χ2n) is 5.74. The van der Waals surface area contributed by atoms with Gasteiger partial charge in [0, 0.05) is 30.4 Å². The summed E-state index contributed by atoms with van der Waals surface area (Å²) < 4.78 is 48.3. The number of aromatic nitrogens is 1. The van der Waals surface area contributed by atoms with Gasteiger partial charge < -0.3 is 20.1 Å². The first-order valence-corrected chi connectivity index (χ1v) is 8.52. The second kappa shape index (κ2) is 9.01. The summed E-state index contributed by atoms with van der Waals surface area (Å²) in [5, 5.41) is 5.30. The lowest BCUT2D eigenvalue weighted by Gasteiger charge is -2.13. The van der Waals surface area contributed by atoms with Crippen molar-refractivity contribution in [3.63, 3.8) is 0 Å². The molecule has 0 spiro atoms. The third-order valence-electron chi connectivity index (χ3n) is 3.89. The largest absolute Gasteiger partial charge is 0.496 e. The van der Waals surface area contributed by atoms with Gasteiger partial charge in [-0.15, -0.1) is 0 Å². The van der Waals surface area contributed by atoms with Crippen LogP contribution < -0.4 is 20.1 Å². The zero-order valence-electron chi connectivity index (χ0n) is 15.4. The van der Waals surface area contributed by atoms with Crippen LogP contribution in [0.1, 0.15) is 21.5 Å². The molecular weight excluding hydrogens is 399 g/mol. The number of methoxy groups -OCH3 is 2. The Morgan fingerprint density at radius 3 is 2.25 bits per heavy atom. The number of alkyl halides is 3. The molecule has 1 aromatic carbocycles. The summed E-state index contributed by atoms with van der Waals surface area (Å²) in [6.07, 6.45) is -3.82. The third kappa shape index (κ3) is 5.19. The minimum absolute atomic E-state index is 0.0996. The van der Waals surface area contributed by atoms with Gasteiger partial charge in [0.2, 0.25) is 0 Å². The number of halogens is 4. The fourth-order valence-corrected chi connectivity index (χ4v) is 2.63. The van der Waals surface area contributed by atoms with E-state index in [1.165, 1.54) is 14.2 Å². The minimum Gasteiger partial charge on any atom is -0.496 e. The summed E-state index contributed by atoms with van der Waals surface area (Å²) in [7, 11) is 2.99.